The largest absolute Gasteiger partial charge is 0.393 e. The van der Waals surface area contributed by atoms with E-state index in [2.05, 4.69) is 6.92 Å². The molecule has 1 rings (SSSR count). The van der Waals surface area contributed by atoms with Crippen molar-refractivity contribution in [2.24, 2.45) is 11.7 Å². The van der Waals surface area contributed by atoms with Crippen LogP contribution in [0.3, 0.4) is 0 Å². The summed E-state index contributed by atoms with van der Waals surface area (Å²) in [7, 11) is 0. The molecule has 0 aromatic carbocycles. The van der Waals surface area contributed by atoms with Gasteiger partial charge in [-0.25, -0.2) is 0 Å². The second kappa shape index (κ2) is 8.46. The van der Waals surface area contributed by atoms with E-state index in [9.17, 15) is 4.79 Å². The van der Waals surface area contributed by atoms with Gasteiger partial charge in [0.05, 0.1) is 4.99 Å². The number of carbonyl (C=O) groups excluding carboxylic acids is 1. The molecule has 18 heavy (non-hydrogen) atoms. The van der Waals surface area contributed by atoms with Crippen LogP contribution in [0.25, 0.3) is 0 Å². The van der Waals surface area contributed by atoms with Gasteiger partial charge in [0.15, 0.2) is 0 Å². The van der Waals surface area contributed by atoms with Crippen LogP contribution in [0.4, 0.5) is 0 Å². The number of unbranched alkanes of at least 4 members (excludes halogenated alkanes) is 4. The first kappa shape index (κ1) is 15.4. The van der Waals surface area contributed by atoms with Crippen LogP contribution in [-0.2, 0) is 4.79 Å². The Labute approximate surface area is 116 Å². The summed E-state index contributed by atoms with van der Waals surface area (Å²) in [6.45, 7) is 3.82. The molecule has 1 aliphatic heterocycles. The molecule has 0 bridgehead atoms. The molecule has 0 aromatic heterocycles. The van der Waals surface area contributed by atoms with Crippen LogP contribution in [0.2, 0.25) is 0 Å². The maximum absolute atomic E-state index is 12.0. The van der Waals surface area contributed by atoms with Gasteiger partial charge in [-0.2, -0.15) is 0 Å². The lowest BCUT2D eigenvalue weighted by Gasteiger charge is -2.32. The molecule has 2 N–H and O–H groups in total. The predicted molar refractivity (Wildman–Crippen MR) is 79.5 cm³/mol. The fourth-order valence-corrected chi connectivity index (χ4v) is 2.67. The Morgan fingerprint density at radius 2 is 2.06 bits per heavy atom. The third kappa shape index (κ3) is 5.34. The molecular weight excluding hydrogens is 244 g/mol. The Balaban J connectivity index is 2.22. The van der Waals surface area contributed by atoms with Crippen molar-refractivity contribution in [1.82, 2.24) is 4.90 Å². The lowest BCUT2D eigenvalue weighted by Crippen LogP contribution is -2.43. The van der Waals surface area contributed by atoms with Gasteiger partial charge in [0.2, 0.25) is 5.91 Å². The van der Waals surface area contributed by atoms with Gasteiger partial charge in [-0.1, -0.05) is 44.8 Å². The molecule has 1 heterocycles. The van der Waals surface area contributed by atoms with Gasteiger partial charge in [0, 0.05) is 25.4 Å². The number of piperidine rings is 1. The molecule has 0 aromatic rings. The molecule has 0 radical (unpaired) electrons. The van der Waals surface area contributed by atoms with E-state index >= 15 is 0 Å². The summed E-state index contributed by atoms with van der Waals surface area (Å²) in [5.74, 6) is 0.519. The van der Waals surface area contributed by atoms with Crippen LogP contribution in [-0.4, -0.2) is 28.9 Å². The number of likely N-dealkylation sites (tertiary alicyclic amines) is 1. The first-order valence-corrected chi connectivity index (χ1v) is 7.63. The Morgan fingerprint density at radius 1 is 1.33 bits per heavy atom. The molecule has 104 valence electrons. The minimum Gasteiger partial charge on any atom is -0.393 e. The van der Waals surface area contributed by atoms with Crippen LogP contribution >= 0.6 is 12.2 Å². The fraction of sp³-hybridized carbons (Fsp3) is 0.857. The average Bonchev–Trinajstić information content (AvgIpc) is 2.38. The third-order valence-corrected chi connectivity index (χ3v) is 4.00. The zero-order valence-corrected chi connectivity index (χ0v) is 12.3. The highest BCUT2D eigenvalue weighted by Crippen LogP contribution is 2.18. The van der Waals surface area contributed by atoms with Crippen molar-refractivity contribution in [3.05, 3.63) is 0 Å². The van der Waals surface area contributed by atoms with Gasteiger partial charge in [-0.05, 0) is 19.3 Å². The Kier molecular flexibility index (Phi) is 7.25. The lowest BCUT2D eigenvalue weighted by molar-refractivity contribution is -0.132. The number of hydrogen-bond donors (Lipinski definition) is 1. The predicted octanol–water partition coefficient (Wildman–Crippen LogP) is 2.87. The first-order valence-electron chi connectivity index (χ1n) is 7.22. The minimum absolute atomic E-state index is 0.234. The number of hydrogen-bond acceptors (Lipinski definition) is 2. The van der Waals surface area contributed by atoms with E-state index < -0.39 is 0 Å². The molecule has 1 aliphatic rings. The van der Waals surface area contributed by atoms with E-state index in [4.69, 9.17) is 18.0 Å². The number of rotatable bonds is 7. The maximum atomic E-state index is 12.0. The van der Waals surface area contributed by atoms with Gasteiger partial charge in [-0.3, -0.25) is 4.79 Å². The van der Waals surface area contributed by atoms with Crippen molar-refractivity contribution >= 4 is 23.1 Å². The highest BCUT2D eigenvalue weighted by Gasteiger charge is 2.24. The van der Waals surface area contributed by atoms with Crippen LogP contribution in [0, 0.1) is 5.92 Å². The molecule has 1 saturated heterocycles. The average molecular weight is 270 g/mol. The van der Waals surface area contributed by atoms with Crippen LogP contribution in [0.1, 0.15) is 58.3 Å². The van der Waals surface area contributed by atoms with Crippen molar-refractivity contribution < 1.29 is 4.79 Å². The molecule has 1 fully saturated rings. The Hall–Kier alpha value is -0.640. The SMILES string of the molecule is CCCCCCCC(=O)N1CCCC(C(N)=S)C1. The monoisotopic (exact) mass is 270 g/mol. The number of amides is 1. The van der Waals surface area contributed by atoms with E-state index in [0.717, 1.165) is 32.4 Å². The summed E-state index contributed by atoms with van der Waals surface area (Å²) >= 11 is 5.03. The van der Waals surface area contributed by atoms with Gasteiger partial charge >= 0.3 is 0 Å². The van der Waals surface area contributed by atoms with Crippen LogP contribution in [0.15, 0.2) is 0 Å². The van der Waals surface area contributed by atoms with Crippen molar-refractivity contribution in [3.8, 4) is 0 Å². The van der Waals surface area contributed by atoms with E-state index in [1.807, 2.05) is 4.90 Å². The van der Waals surface area contributed by atoms with Crippen molar-refractivity contribution in [2.45, 2.75) is 58.3 Å². The molecule has 0 spiro atoms. The van der Waals surface area contributed by atoms with Crippen molar-refractivity contribution in [2.75, 3.05) is 13.1 Å². The second-order valence-corrected chi connectivity index (χ2v) is 5.72. The molecule has 3 nitrogen and oxygen atoms in total. The van der Waals surface area contributed by atoms with Gasteiger partial charge in [0.25, 0.3) is 0 Å². The summed E-state index contributed by atoms with van der Waals surface area (Å²) in [6.07, 6.45) is 8.72. The van der Waals surface area contributed by atoms with Crippen LogP contribution in [0.5, 0.6) is 0 Å². The maximum Gasteiger partial charge on any atom is 0.222 e. The smallest absolute Gasteiger partial charge is 0.222 e. The fourth-order valence-electron chi connectivity index (χ4n) is 2.47. The van der Waals surface area contributed by atoms with Crippen molar-refractivity contribution in [3.63, 3.8) is 0 Å². The third-order valence-electron chi connectivity index (χ3n) is 3.67. The van der Waals surface area contributed by atoms with E-state index in [-0.39, 0.29) is 11.8 Å². The number of nitrogens with two attached hydrogens (primary N) is 1. The number of nitrogens with zero attached hydrogens (tertiary/aromatic N) is 1. The summed E-state index contributed by atoms with van der Waals surface area (Å²) in [6, 6.07) is 0. The molecule has 1 amide bonds. The minimum atomic E-state index is 0.234. The van der Waals surface area contributed by atoms with Crippen LogP contribution < -0.4 is 5.73 Å². The Bertz CT molecular complexity index is 281. The second-order valence-electron chi connectivity index (χ2n) is 5.25. The molecule has 4 heteroatoms. The topological polar surface area (TPSA) is 46.3 Å². The molecule has 0 aliphatic carbocycles. The normalized spacial score (nSPS) is 19.8. The Morgan fingerprint density at radius 3 is 2.72 bits per heavy atom. The van der Waals surface area contributed by atoms with Gasteiger partial charge in [0.1, 0.15) is 0 Å². The molecule has 1 atom stereocenters. The lowest BCUT2D eigenvalue weighted by atomic mass is 9.97. The van der Waals surface area contributed by atoms with E-state index in [0.29, 0.717) is 11.4 Å². The highest BCUT2D eigenvalue weighted by molar-refractivity contribution is 7.80. The summed E-state index contributed by atoms with van der Waals surface area (Å²) in [5, 5.41) is 0. The summed E-state index contributed by atoms with van der Waals surface area (Å²) < 4.78 is 0. The zero-order valence-electron chi connectivity index (χ0n) is 11.5. The summed E-state index contributed by atoms with van der Waals surface area (Å²) in [5.41, 5.74) is 5.68. The quantitative estimate of drug-likeness (QED) is 0.571. The van der Waals surface area contributed by atoms with E-state index in [1.54, 1.807) is 0 Å². The first-order chi connectivity index (χ1) is 8.65. The van der Waals surface area contributed by atoms with Gasteiger partial charge < -0.3 is 10.6 Å². The molecule has 0 saturated carbocycles. The van der Waals surface area contributed by atoms with Crippen molar-refractivity contribution in [1.29, 1.82) is 0 Å². The molecular formula is C14H26N2OS. The zero-order chi connectivity index (χ0) is 13.4. The number of carbonyl (C=O) groups is 1. The van der Waals surface area contributed by atoms with E-state index in [1.165, 1.54) is 25.7 Å². The standard InChI is InChI=1S/C14H26N2OS/c1-2-3-4-5-6-9-13(17)16-10-7-8-12(11-16)14(15)18/h12H,2-11H2,1H3,(H2,15,18). The molecule has 1 unspecified atom stereocenters. The number of thiocarbonyl (C=S) groups is 1. The summed E-state index contributed by atoms with van der Waals surface area (Å²) in [4.78, 5) is 14.6. The van der Waals surface area contributed by atoms with Gasteiger partial charge in [-0.15, -0.1) is 0 Å². The highest BCUT2D eigenvalue weighted by atomic mass is 32.1.